The third-order valence-corrected chi connectivity index (χ3v) is 4.75. The number of carbonyl (C=O) groups is 2. The molecule has 0 bridgehead atoms. The molecule has 1 atom stereocenters. The van der Waals surface area contributed by atoms with Crippen molar-refractivity contribution in [2.24, 2.45) is 0 Å². The molecular formula is C19H20FNO3S. The molecule has 2 rings (SSSR count). The van der Waals surface area contributed by atoms with Crippen molar-refractivity contribution in [3.63, 3.8) is 0 Å². The number of nitrogens with one attached hydrogen (secondary N) is 1. The number of benzene rings is 2. The molecule has 0 fully saturated rings. The maximum atomic E-state index is 14.2. The van der Waals surface area contributed by atoms with E-state index in [9.17, 15) is 14.0 Å². The Morgan fingerprint density at radius 3 is 2.40 bits per heavy atom. The molecule has 132 valence electrons. The van der Waals surface area contributed by atoms with Crippen LogP contribution in [0.4, 0.5) is 9.18 Å². The smallest absolute Gasteiger partial charge is 0.408 e. The lowest BCUT2D eigenvalue weighted by atomic mass is 9.94. The summed E-state index contributed by atoms with van der Waals surface area (Å²) in [5.41, 5.74) is 0.0823. The Morgan fingerprint density at radius 2 is 1.76 bits per heavy atom. The van der Waals surface area contributed by atoms with Gasteiger partial charge in [0.05, 0.1) is 5.54 Å². The Bertz CT molecular complexity index is 738. The lowest BCUT2D eigenvalue weighted by molar-refractivity contribution is -0.109. The number of hydrogen-bond donors (Lipinski definition) is 1. The van der Waals surface area contributed by atoms with E-state index in [4.69, 9.17) is 4.74 Å². The lowest BCUT2D eigenvalue weighted by Crippen LogP contribution is -2.46. The first kappa shape index (κ1) is 19.0. The minimum absolute atomic E-state index is 0.109. The molecule has 0 saturated carbocycles. The second-order valence-corrected chi connectivity index (χ2v) is 6.93. The summed E-state index contributed by atoms with van der Waals surface area (Å²) >= 11 is 1.02. The van der Waals surface area contributed by atoms with Crippen LogP contribution in [-0.2, 0) is 21.7 Å². The van der Waals surface area contributed by atoms with Crippen LogP contribution < -0.4 is 5.32 Å². The lowest BCUT2D eigenvalue weighted by Gasteiger charge is -2.30. The number of halogens is 1. The third kappa shape index (κ3) is 5.60. The summed E-state index contributed by atoms with van der Waals surface area (Å²) < 4.78 is 19.4. The van der Waals surface area contributed by atoms with E-state index < -0.39 is 17.4 Å². The summed E-state index contributed by atoms with van der Waals surface area (Å²) in [6.45, 7) is 3.21. The van der Waals surface area contributed by atoms with Crippen molar-refractivity contribution in [3.05, 3.63) is 71.5 Å². The maximum absolute atomic E-state index is 14.2. The molecular weight excluding hydrogens is 341 g/mol. The monoisotopic (exact) mass is 361 g/mol. The predicted octanol–water partition coefficient (Wildman–Crippen LogP) is 4.25. The molecule has 2 aromatic rings. The van der Waals surface area contributed by atoms with Gasteiger partial charge in [0.1, 0.15) is 12.4 Å². The average Bonchev–Trinajstić information content (AvgIpc) is 2.59. The largest absolute Gasteiger partial charge is 0.445 e. The highest BCUT2D eigenvalue weighted by atomic mass is 32.2. The van der Waals surface area contributed by atoms with E-state index in [0.717, 1.165) is 17.3 Å². The van der Waals surface area contributed by atoms with Crippen LogP contribution in [0, 0.1) is 5.82 Å². The fourth-order valence-electron chi connectivity index (χ4n) is 2.32. The van der Waals surface area contributed by atoms with Crippen molar-refractivity contribution in [1.29, 1.82) is 0 Å². The standard InChI is InChI=1S/C19H20FNO3S/c1-14(22)25-13-19(2,16-10-6-7-11-17(16)20)21-18(23)24-12-15-8-4-3-5-9-15/h3-11H,12-13H2,1-2H3,(H,21,23). The van der Waals surface area contributed by atoms with Gasteiger partial charge in [-0.25, -0.2) is 9.18 Å². The molecule has 1 amide bonds. The molecule has 1 unspecified atom stereocenters. The van der Waals surface area contributed by atoms with Gasteiger partial charge in [0.2, 0.25) is 0 Å². The third-order valence-electron chi connectivity index (χ3n) is 3.62. The van der Waals surface area contributed by atoms with Gasteiger partial charge in [0.15, 0.2) is 5.12 Å². The molecule has 1 N–H and O–H groups in total. The van der Waals surface area contributed by atoms with Crippen molar-refractivity contribution in [3.8, 4) is 0 Å². The van der Waals surface area contributed by atoms with Crippen LogP contribution >= 0.6 is 11.8 Å². The normalized spacial score (nSPS) is 12.9. The number of amides is 1. The van der Waals surface area contributed by atoms with Gasteiger partial charge in [-0.05, 0) is 18.6 Å². The fraction of sp³-hybridized carbons (Fsp3) is 0.263. The minimum Gasteiger partial charge on any atom is -0.445 e. The first-order valence-electron chi connectivity index (χ1n) is 7.78. The van der Waals surface area contributed by atoms with Crippen LogP contribution in [0.1, 0.15) is 25.0 Å². The molecule has 0 heterocycles. The maximum Gasteiger partial charge on any atom is 0.408 e. The second kappa shape index (κ2) is 8.67. The van der Waals surface area contributed by atoms with Crippen molar-refractivity contribution in [2.45, 2.75) is 26.0 Å². The van der Waals surface area contributed by atoms with E-state index in [2.05, 4.69) is 5.32 Å². The van der Waals surface area contributed by atoms with E-state index in [0.29, 0.717) is 5.56 Å². The van der Waals surface area contributed by atoms with E-state index in [1.807, 2.05) is 30.3 Å². The SMILES string of the molecule is CC(=O)SCC(C)(NC(=O)OCc1ccccc1)c1ccccc1F. The number of rotatable bonds is 6. The van der Waals surface area contributed by atoms with Crippen molar-refractivity contribution >= 4 is 23.0 Å². The Morgan fingerprint density at radius 1 is 1.12 bits per heavy atom. The first-order chi connectivity index (χ1) is 11.9. The van der Waals surface area contributed by atoms with Gasteiger partial charge in [0.25, 0.3) is 0 Å². The van der Waals surface area contributed by atoms with Crippen molar-refractivity contribution in [1.82, 2.24) is 5.32 Å². The molecule has 4 nitrogen and oxygen atoms in total. The second-order valence-electron chi connectivity index (χ2n) is 5.78. The van der Waals surface area contributed by atoms with Gasteiger partial charge in [-0.15, -0.1) is 0 Å². The minimum atomic E-state index is -1.07. The summed E-state index contributed by atoms with van der Waals surface area (Å²) in [5, 5.41) is 2.59. The topological polar surface area (TPSA) is 55.4 Å². The zero-order valence-electron chi connectivity index (χ0n) is 14.1. The van der Waals surface area contributed by atoms with Gasteiger partial charge in [-0.3, -0.25) is 4.79 Å². The first-order valence-corrected chi connectivity index (χ1v) is 8.76. The summed E-state index contributed by atoms with van der Waals surface area (Å²) in [7, 11) is 0. The van der Waals surface area contributed by atoms with Gasteiger partial charge in [-0.2, -0.15) is 0 Å². The molecule has 2 aromatic carbocycles. The molecule has 0 spiro atoms. The number of carbonyl (C=O) groups excluding carboxylic acids is 2. The molecule has 0 aliphatic heterocycles. The summed E-state index contributed by atoms with van der Waals surface area (Å²) in [6, 6.07) is 15.4. The average molecular weight is 361 g/mol. The molecule has 0 radical (unpaired) electrons. The van der Waals surface area contributed by atoms with Crippen molar-refractivity contribution < 1.29 is 18.7 Å². The van der Waals surface area contributed by atoms with E-state index >= 15 is 0 Å². The van der Waals surface area contributed by atoms with Crippen LogP contribution in [-0.4, -0.2) is 17.0 Å². The van der Waals surface area contributed by atoms with Crippen LogP contribution in [0.5, 0.6) is 0 Å². The van der Waals surface area contributed by atoms with E-state index in [1.54, 1.807) is 25.1 Å². The number of hydrogen-bond acceptors (Lipinski definition) is 4. The molecule has 0 saturated heterocycles. The molecule has 0 aliphatic carbocycles. The molecule has 0 aromatic heterocycles. The van der Waals surface area contributed by atoms with Gasteiger partial charge < -0.3 is 10.1 Å². The van der Waals surface area contributed by atoms with E-state index in [1.165, 1.54) is 13.0 Å². The van der Waals surface area contributed by atoms with Crippen LogP contribution in [0.2, 0.25) is 0 Å². The Kier molecular flexibility index (Phi) is 6.58. The van der Waals surface area contributed by atoms with Gasteiger partial charge >= 0.3 is 6.09 Å². The number of ether oxygens (including phenoxy) is 1. The Balaban J connectivity index is 2.11. The van der Waals surface area contributed by atoms with E-state index in [-0.39, 0.29) is 17.5 Å². The summed E-state index contributed by atoms with van der Waals surface area (Å²) in [5.74, 6) is -0.249. The molecule has 25 heavy (non-hydrogen) atoms. The fourth-order valence-corrected chi connectivity index (χ4v) is 3.04. The number of alkyl carbamates (subject to hydrolysis) is 1. The van der Waals surface area contributed by atoms with Crippen LogP contribution in [0.3, 0.4) is 0 Å². The highest BCUT2D eigenvalue weighted by molar-refractivity contribution is 8.13. The Hall–Kier alpha value is -2.34. The predicted molar refractivity (Wildman–Crippen MR) is 96.7 cm³/mol. The molecule has 6 heteroatoms. The zero-order chi connectivity index (χ0) is 18.3. The summed E-state index contributed by atoms with van der Waals surface area (Å²) in [4.78, 5) is 23.5. The highest BCUT2D eigenvalue weighted by Crippen LogP contribution is 2.28. The Labute approximate surface area is 150 Å². The van der Waals surface area contributed by atoms with Crippen LogP contribution in [0.25, 0.3) is 0 Å². The number of thioether (sulfide) groups is 1. The highest BCUT2D eigenvalue weighted by Gasteiger charge is 2.32. The summed E-state index contributed by atoms with van der Waals surface area (Å²) in [6.07, 6.45) is -0.668. The quantitative estimate of drug-likeness (QED) is 0.836. The van der Waals surface area contributed by atoms with Gasteiger partial charge in [0, 0.05) is 18.2 Å². The van der Waals surface area contributed by atoms with Crippen LogP contribution in [0.15, 0.2) is 54.6 Å². The molecule has 0 aliphatic rings. The van der Waals surface area contributed by atoms with Crippen molar-refractivity contribution in [2.75, 3.05) is 5.75 Å². The zero-order valence-corrected chi connectivity index (χ0v) is 14.9. The van der Waals surface area contributed by atoms with Gasteiger partial charge in [-0.1, -0.05) is 60.3 Å².